The number of aromatic nitrogens is 2. The molecule has 0 radical (unpaired) electrons. The molecule has 110 valence electrons. The van der Waals surface area contributed by atoms with Gasteiger partial charge in [-0.15, -0.1) is 0 Å². The van der Waals surface area contributed by atoms with Crippen molar-refractivity contribution in [1.82, 2.24) is 15.1 Å². The van der Waals surface area contributed by atoms with Crippen LogP contribution in [0.3, 0.4) is 0 Å². The number of nitro benzene ring substituents is 1. The fraction of sp³-hybridized carbons (Fsp3) is 0.231. The number of amides is 1. The van der Waals surface area contributed by atoms with Crippen LogP contribution in [0.25, 0.3) is 0 Å². The first-order valence-corrected chi connectivity index (χ1v) is 6.20. The van der Waals surface area contributed by atoms with Gasteiger partial charge in [0.2, 0.25) is 0 Å². The Balaban J connectivity index is 2.16. The number of benzene rings is 1. The van der Waals surface area contributed by atoms with Crippen molar-refractivity contribution in [3.63, 3.8) is 0 Å². The van der Waals surface area contributed by atoms with E-state index in [1.165, 1.54) is 18.2 Å². The molecule has 21 heavy (non-hydrogen) atoms. The molecule has 0 saturated heterocycles. The van der Waals surface area contributed by atoms with Crippen molar-refractivity contribution in [3.05, 3.63) is 51.3 Å². The van der Waals surface area contributed by atoms with Crippen molar-refractivity contribution in [2.24, 2.45) is 7.05 Å². The van der Waals surface area contributed by atoms with E-state index in [4.69, 9.17) is 5.73 Å². The fourth-order valence-corrected chi connectivity index (χ4v) is 2.00. The molecule has 0 saturated carbocycles. The molecule has 3 N–H and O–H groups in total. The van der Waals surface area contributed by atoms with Gasteiger partial charge in [-0.1, -0.05) is 6.07 Å². The minimum absolute atomic E-state index is 0.0887. The topological polar surface area (TPSA) is 116 Å². The largest absolute Gasteiger partial charge is 0.393 e. The highest BCUT2D eigenvalue weighted by molar-refractivity contribution is 6.00. The predicted octanol–water partition coefficient (Wildman–Crippen LogP) is 1.15. The zero-order chi connectivity index (χ0) is 15.6. The molecule has 1 heterocycles. The lowest BCUT2D eigenvalue weighted by Gasteiger charge is -2.07. The van der Waals surface area contributed by atoms with E-state index in [2.05, 4.69) is 10.4 Å². The van der Waals surface area contributed by atoms with Crippen LogP contribution in [0.15, 0.2) is 24.4 Å². The molecular formula is C13H15N5O3. The van der Waals surface area contributed by atoms with Gasteiger partial charge in [-0.3, -0.25) is 19.6 Å². The summed E-state index contributed by atoms with van der Waals surface area (Å²) in [7, 11) is 1.79. The van der Waals surface area contributed by atoms with Gasteiger partial charge in [0.15, 0.2) is 0 Å². The maximum atomic E-state index is 12.1. The summed E-state index contributed by atoms with van der Waals surface area (Å²) in [5.41, 5.74) is 7.02. The molecule has 0 aliphatic rings. The van der Waals surface area contributed by atoms with Crippen LogP contribution >= 0.6 is 0 Å². The summed E-state index contributed by atoms with van der Waals surface area (Å²) in [5.74, 6) is -0.459. The van der Waals surface area contributed by atoms with Gasteiger partial charge in [0, 0.05) is 31.4 Å². The number of nitrogen functional groups attached to an aromatic ring is 1. The van der Waals surface area contributed by atoms with Gasteiger partial charge in [0.1, 0.15) is 5.69 Å². The van der Waals surface area contributed by atoms with E-state index < -0.39 is 10.8 Å². The van der Waals surface area contributed by atoms with Gasteiger partial charge in [-0.2, -0.15) is 5.10 Å². The molecule has 1 aromatic heterocycles. The Morgan fingerprint density at radius 1 is 1.52 bits per heavy atom. The number of nitrogens with one attached hydrogen (secondary N) is 1. The summed E-state index contributed by atoms with van der Waals surface area (Å²) in [6, 6.07) is 4.14. The first-order valence-electron chi connectivity index (χ1n) is 6.20. The van der Waals surface area contributed by atoms with E-state index in [0.29, 0.717) is 0 Å². The molecule has 2 rings (SSSR count). The number of anilines is 1. The van der Waals surface area contributed by atoms with Gasteiger partial charge < -0.3 is 11.1 Å². The third kappa shape index (κ3) is 2.99. The van der Waals surface area contributed by atoms with Gasteiger partial charge in [0.25, 0.3) is 11.6 Å². The molecule has 8 heteroatoms. The second-order valence-corrected chi connectivity index (χ2v) is 4.59. The van der Waals surface area contributed by atoms with Crippen LogP contribution in [0, 0.1) is 17.0 Å². The molecule has 0 spiro atoms. The zero-order valence-corrected chi connectivity index (χ0v) is 11.7. The van der Waals surface area contributed by atoms with Gasteiger partial charge in [-0.25, -0.2) is 0 Å². The number of aryl methyl sites for hydroxylation is 2. The van der Waals surface area contributed by atoms with Crippen molar-refractivity contribution < 1.29 is 9.72 Å². The number of nitro groups is 1. The number of nitrogens with zero attached hydrogens (tertiary/aromatic N) is 3. The molecule has 0 fully saturated rings. The van der Waals surface area contributed by atoms with Gasteiger partial charge >= 0.3 is 0 Å². The maximum Gasteiger partial charge on any atom is 0.292 e. The Kier molecular flexibility index (Phi) is 3.88. The molecule has 8 nitrogen and oxygen atoms in total. The lowest BCUT2D eigenvalue weighted by Crippen LogP contribution is -2.24. The highest BCUT2D eigenvalue weighted by Crippen LogP contribution is 2.24. The average molecular weight is 289 g/mol. The van der Waals surface area contributed by atoms with Crippen LogP contribution in [0.2, 0.25) is 0 Å². The average Bonchev–Trinajstić information content (AvgIpc) is 2.74. The molecule has 0 atom stereocenters. The van der Waals surface area contributed by atoms with Crippen LogP contribution in [0.4, 0.5) is 11.4 Å². The minimum atomic E-state index is -0.614. The molecule has 1 aromatic carbocycles. The van der Waals surface area contributed by atoms with Crippen molar-refractivity contribution in [3.8, 4) is 0 Å². The highest BCUT2D eigenvalue weighted by atomic mass is 16.6. The molecule has 2 aromatic rings. The molecule has 1 amide bonds. The predicted molar refractivity (Wildman–Crippen MR) is 76.6 cm³/mol. The lowest BCUT2D eigenvalue weighted by molar-refractivity contribution is -0.383. The standard InChI is InChI=1S/C13H15N5O3/c1-8-9(7-17(2)16-8)6-15-13(19)10-4-3-5-11(12(10)14)18(20)21/h3-5,7H,6,14H2,1-2H3,(H,15,19). The normalized spacial score (nSPS) is 10.4. The van der Waals surface area contributed by atoms with Gasteiger partial charge in [-0.05, 0) is 13.0 Å². The fourth-order valence-electron chi connectivity index (χ4n) is 2.00. The Morgan fingerprint density at radius 3 is 2.81 bits per heavy atom. The number of carbonyl (C=O) groups is 1. The molecule has 0 unspecified atom stereocenters. The minimum Gasteiger partial charge on any atom is -0.393 e. The smallest absolute Gasteiger partial charge is 0.292 e. The van der Waals surface area contributed by atoms with Gasteiger partial charge in [0.05, 0.1) is 16.2 Å². The second-order valence-electron chi connectivity index (χ2n) is 4.59. The number of carbonyl (C=O) groups excluding carboxylic acids is 1. The summed E-state index contributed by atoms with van der Waals surface area (Å²) < 4.78 is 1.65. The van der Waals surface area contributed by atoms with Crippen molar-refractivity contribution in [2.45, 2.75) is 13.5 Å². The molecule has 0 aliphatic carbocycles. The van der Waals surface area contributed by atoms with E-state index in [1.54, 1.807) is 17.9 Å². The zero-order valence-electron chi connectivity index (χ0n) is 11.7. The highest BCUT2D eigenvalue weighted by Gasteiger charge is 2.19. The summed E-state index contributed by atoms with van der Waals surface area (Å²) >= 11 is 0. The van der Waals surface area contributed by atoms with E-state index in [0.717, 1.165) is 11.3 Å². The Labute approximate surface area is 120 Å². The Bertz CT molecular complexity index is 708. The van der Waals surface area contributed by atoms with Crippen LogP contribution < -0.4 is 11.1 Å². The lowest BCUT2D eigenvalue weighted by atomic mass is 10.1. The third-order valence-corrected chi connectivity index (χ3v) is 3.08. The summed E-state index contributed by atoms with van der Waals surface area (Å²) in [6.07, 6.45) is 1.80. The molecular weight excluding hydrogens is 274 g/mol. The number of hydrogen-bond acceptors (Lipinski definition) is 5. The van der Waals surface area contributed by atoms with Crippen LogP contribution in [0.5, 0.6) is 0 Å². The monoisotopic (exact) mass is 289 g/mol. The first kappa shape index (κ1) is 14.5. The summed E-state index contributed by atoms with van der Waals surface area (Å²) in [5, 5.41) is 17.7. The number of rotatable bonds is 4. The number of hydrogen-bond donors (Lipinski definition) is 2. The van der Waals surface area contributed by atoms with E-state index in [-0.39, 0.29) is 23.5 Å². The number of nitrogens with two attached hydrogens (primary N) is 1. The van der Waals surface area contributed by atoms with Crippen molar-refractivity contribution >= 4 is 17.3 Å². The number of para-hydroxylation sites is 1. The maximum absolute atomic E-state index is 12.1. The first-order chi connectivity index (χ1) is 9.90. The SMILES string of the molecule is Cc1nn(C)cc1CNC(=O)c1cccc([N+](=O)[O-])c1N. The molecule has 0 bridgehead atoms. The summed E-state index contributed by atoms with van der Waals surface area (Å²) in [6.45, 7) is 2.11. The molecule has 0 aliphatic heterocycles. The van der Waals surface area contributed by atoms with Crippen LogP contribution in [0.1, 0.15) is 21.6 Å². The van der Waals surface area contributed by atoms with Crippen molar-refractivity contribution in [1.29, 1.82) is 0 Å². The summed E-state index contributed by atoms with van der Waals surface area (Å²) in [4.78, 5) is 22.3. The van der Waals surface area contributed by atoms with E-state index >= 15 is 0 Å². The van der Waals surface area contributed by atoms with E-state index in [1.807, 2.05) is 6.92 Å². The Morgan fingerprint density at radius 2 is 2.24 bits per heavy atom. The third-order valence-electron chi connectivity index (χ3n) is 3.08. The van der Waals surface area contributed by atoms with Crippen LogP contribution in [-0.4, -0.2) is 20.6 Å². The second kappa shape index (κ2) is 5.61. The van der Waals surface area contributed by atoms with Crippen molar-refractivity contribution in [2.75, 3.05) is 5.73 Å². The Hall–Kier alpha value is -2.90. The van der Waals surface area contributed by atoms with Crippen LogP contribution in [-0.2, 0) is 13.6 Å². The van der Waals surface area contributed by atoms with E-state index in [9.17, 15) is 14.9 Å². The quantitative estimate of drug-likeness (QED) is 0.497.